The summed E-state index contributed by atoms with van der Waals surface area (Å²) >= 11 is 0. The number of ether oxygens (including phenoxy) is 1. The van der Waals surface area contributed by atoms with Crippen LogP contribution in [0.4, 0.5) is 0 Å². The van der Waals surface area contributed by atoms with Gasteiger partial charge in [-0.1, -0.05) is 42.5 Å². The number of phenols is 1. The van der Waals surface area contributed by atoms with Crippen LogP contribution in [0.2, 0.25) is 0 Å². The number of rotatable bonds is 9. The number of aromatic nitrogens is 3. The van der Waals surface area contributed by atoms with Gasteiger partial charge in [0.2, 0.25) is 5.88 Å². The summed E-state index contributed by atoms with van der Waals surface area (Å²) < 4.78 is 7.34. The molecule has 0 saturated carbocycles. The van der Waals surface area contributed by atoms with Crippen molar-refractivity contribution >= 4 is 5.65 Å². The highest BCUT2D eigenvalue weighted by molar-refractivity contribution is 5.64. The third-order valence-corrected chi connectivity index (χ3v) is 5.96. The van der Waals surface area contributed by atoms with Crippen LogP contribution in [0.3, 0.4) is 0 Å². The van der Waals surface area contributed by atoms with Gasteiger partial charge >= 0.3 is 0 Å². The summed E-state index contributed by atoms with van der Waals surface area (Å²) in [6, 6.07) is 24.5. The van der Waals surface area contributed by atoms with Crippen LogP contribution in [0.5, 0.6) is 17.4 Å². The van der Waals surface area contributed by atoms with Crippen molar-refractivity contribution in [3.8, 4) is 28.6 Å². The van der Waals surface area contributed by atoms with E-state index in [9.17, 15) is 10.2 Å². The zero-order valence-electron chi connectivity index (χ0n) is 19.7. The first-order valence-corrected chi connectivity index (χ1v) is 11.9. The summed E-state index contributed by atoms with van der Waals surface area (Å²) in [4.78, 5) is 9.71. The molecule has 0 amide bonds. The van der Waals surface area contributed by atoms with E-state index in [-0.39, 0.29) is 18.2 Å². The van der Waals surface area contributed by atoms with Crippen LogP contribution < -0.4 is 4.74 Å². The molecule has 0 unspecified atom stereocenters. The topological polar surface area (TPSA) is 100 Å². The van der Waals surface area contributed by atoms with Crippen molar-refractivity contribution in [1.82, 2.24) is 14.4 Å². The van der Waals surface area contributed by atoms with E-state index in [0.717, 1.165) is 28.1 Å². The lowest BCUT2D eigenvalue weighted by Gasteiger charge is -2.10. The summed E-state index contributed by atoms with van der Waals surface area (Å²) in [5.74, 6) is 0.987. The fraction of sp³-hybridized carbons (Fsp3) is 0.172. The Morgan fingerprint density at radius 1 is 0.750 bits per heavy atom. The molecule has 36 heavy (non-hydrogen) atoms. The molecule has 182 valence electrons. The third kappa shape index (κ3) is 5.16. The lowest BCUT2D eigenvalue weighted by atomic mass is 10.1. The maximum absolute atomic E-state index is 11.1. The number of nitrogens with zero attached hydrogens (tertiary/aromatic N) is 3. The molecule has 3 aromatic carbocycles. The summed E-state index contributed by atoms with van der Waals surface area (Å²) in [6.07, 6.45) is 3.37. The summed E-state index contributed by atoms with van der Waals surface area (Å²) in [7, 11) is 0. The van der Waals surface area contributed by atoms with Gasteiger partial charge in [0, 0.05) is 37.6 Å². The van der Waals surface area contributed by atoms with E-state index >= 15 is 0 Å². The lowest BCUT2D eigenvalue weighted by molar-refractivity contribution is 0.233. The Hall–Kier alpha value is -4.36. The maximum atomic E-state index is 11.1. The molecule has 0 aliphatic carbocycles. The molecule has 0 radical (unpaired) electrons. The maximum Gasteiger partial charge on any atom is 0.219 e. The van der Waals surface area contributed by atoms with E-state index in [2.05, 4.69) is 0 Å². The molecule has 5 rings (SSSR count). The monoisotopic (exact) mass is 481 g/mol. The van der Waals surface area contributed by atoms with Gasteiger partial charge in [0.25, 0.3) is 0 Å². The molecule has 0 fully saturated rings. The fourth-order valence-corrected chi connectivity index (χ4v) is 4.09. The molecule has 0 atom stereocenters. The number of aliphatic hydroxyl groups is 1. The first-order valence-electron chi connectivity index (χ1n) is 11.9. The van der Waals surface area contributed by atoms with Gasteiger partial charge in [0.1, 0.15) is 17.2 Å². The molecule has 7 nitrogen and oxygen atoms in total. The standard InChI is InChI=1S/C29H27N3O4/c33-15-4-16-36-24-13-9-22(10-14-24)27-19-32-28(25(30-27)17-20-5-2-1-3-6-20)31-26(29(32)35)18-21-7-11-23(34)12-8-21/h1-3,5-14,19,33-35H,4,15-18H2. The molecule has 7 heteroatoms. The molecular formula is C29H27N3O4. The first-order chi connectivity index (χ1) is 17.6. The van der Waals surface area contributed by atoms with Crippen LogP contribution in [-0.2, 0) is 12.8 Å². The van der Waals surface area contributed by atoms with E-state index in [1.54, 1.807) is 22.7 Å². The quantitative estimate of drug-likeness (QED) is 0.263. The second-order valence-electron chi connectivity index (χ2n) is 8.60. The van der Waals surface area contributed by atoms with Gasteiger partial charge in [0.15, 0.2) is 5.65 Å². The highest BCUT2D eigenvalue weighted by Gasteiger charge is 2.18. The van der Waals surface area contributed by atoms with Crippen LogP contribution >= 0.6 is 0 Å². The van der Waals surface area contributed by atoms with Crippen molar-refractivity contribution < 1.29 is 20.1 Å². The van der Waals surface area contributed by atoms with Gasteiger partial charge in [0.05, 0.1) is 18.0 Å². The molecule has 0 spiro atoms. The highest BCUT2D eigenvalue weighted by Crippen LogP contribution is 2.29. The number of fused-ring (bicyclic) bond motifs is 1. The Kier molecular flexibility index (Phi) is 6.82. The number of phenolic OH excluding ortho intramolecular Hbond substituents is 1. The largest absolute Gasteiger partial charge is 0.508 e. The Morgan fingerprint density at radius 3 is 2.17 bits per heavy atom. The van der Waals surface area contributed by atoms with E-state index in [0.29, 0.717) is 42.9 Å². The Balaban J connectivity index is 1.54. The number of aromatic hydroxyl groups is 2. The number of aliphatic hydroxyl groups excluding tert-OH is 1. The minimum atomic E-state index is 0.0694. The zero-order valence-corrected chi connectivity index (χ0v) is 19.7. The summed E-state index contributed by atoms with van der Waals surface area (Å²) in [5.41, 5.74) is 5.53. The average Bonchev–Trinajstić information content (AvgIpc) is 3.22. The van der Waals surface area contributed by atoms with Gasteiger partial charge in [-0.3, -0.25) is 4.40 Å². The Morgan fingerprint density at radius 2 is 1.44 bits per heavy atom. The number of hydrogen-bond acceptors (Lipinski definition) is 6. The molecule has 0 aliphatic heterocycles. The SMILES string of the molecule is OCCCOc1ccc(-c2cn3c(O)c(Cc4ccc(O)cc4)nc3c(Cc3ccccc3)n2)cc1. The zero-order chi connectivity index (χ0) is 24.9. The Bertz CT molecular complexity index is 1450. The molecule has 0 aliphatic rings. The van der Waals surface area contributed by atoms with E-state index in [1.807, 2.05) is 66.7 Å². The van der Waals surface area contributed by atoms with Crippen molar-refractivity contribution in [2.24, 2.45) is 0 Å². The smallest absolute Gasteiger partial charge is 0.219 e. The van der Waals surface area contributed by atoms with Crippen LogP contribution in [0.15, 0.2) is 85.1 Å². The number of imidazole rings is 1. The van der Waals surface area contributed by atoms with Crippen LogP contribution in [-0.4, -0.2) is 42.9 Å². The second kappa shape index (κ2) is 10.5. The van der Waals surface area contributed by atoms with Gasteiger partial charge < -0.3 is 20.1 Å². The van der Waals surface area contributed by atoms with Crippen molar-refractivity contribution in [1.29, 1.82) is 0 Å². The van der Waals surface area contributed by atoms with E-state index < -0.39 is 0 Å². The molecule has 2 heterocycles. The average molecular weight is 482 g/mol. The summed E-state index contributed by atoms with van der Waals surface area (Å²) in [5, 5.41) is 29.6. The molecule has 0 bridgehead atoms. The van der Waals surface area contributed by atoms with Gasteiger partial charge in [-0.05, 0) is 47.5 Å². The highest BCUT2D eigenvalue weighted by atomic mass is 16.5. The molecule has 3 N–H and O–H groups in total. The first kappa shape index (κ1) is 23.4. The summed E-state index contributed by atoms with van der Waals surface area (Å²) in [6.45, 7) is 0.545. The number of hydrogen-bond donors (Lipinski definition) is 3. The van der Waals surface area contributed by atoms with E-state index in [4.69, 9.17) is 19.8 Å². The molecule has 0 saturated heterocycles. The van der Waals surface area contributed by atoms with Gasteiger partial charge in [-0.2, -0.15) is 0 Å². The van der Waals surface area contributed by atoms with Crippen molar-refractivity contribution in [3.05, 3.63) is 108 Å². The molecule has 5 aromatic rings. The van der Waals surface area contributed by atoms with Crippen LogP contribution in [0.25, 0.3) is 16.9 Å². The van der Waals surface area contributed by atoms with Crippen LogP contribution in [0.1, 0.15) is 28.9 Å². The number of benzene rings is 3. The minimum Gasteiger partial charge on any atom is -0.508 e. The normalized spacial score (nSPS) is 11.1. The van der Waals surface area contributed by atoms with Crippen LogP contribution in [0, 0.1) is 0 Å². The minimum absolute atomic E-state index is 0.0694. The predicted octanol–water partition coefficient (Wildman–Crippen LogP) is 4.75. The van der Waals surface area contributed by atoms with E-state index in [1.165, 1.54) is 0 Å². The molecule has 2 aromatic heterocycles. The third-order valence-electron chi connectivity index (χ3n) is 5.96. The fourth-order valence-electron chi connectivity index (χ4n) is 4.09. The lowest BCUT2D eigenvalue weighted by Crippen LogP contribution is -2.01. The van der Waals surface area contributed by atoms with Crippen molar-refractivity contribution in [2.75, 3.05) is 13.2 Å². The van der Waals surface area contributed by atoms with Gasteiger partial charge in [-0.15, -0.1) is 0 Å². The van der Waals surface area contributed by atoms with Gasteiger partial charge in [-0.25, -0.2) is 9.97 Å². The second-order valence-corrected chi connectivity index (χ2v) is 8.60. The van der Waals surface area contributed by atoms with Crippen molar-refractivity contribution in [2.45, 2.75) is 19.3 Å². The Labute approximate surface area is 208 Å². The predicted molar refractivity (Wildman–Crippen MR) is 137 cm³/mol. The molecular weight excluding hydrogens is 454 g/mol. The van der Waals surface area contributed by atoms with Crippen molar-refractivity contribution in [3.63, 3.8) is 0 Å².